The summed E-state index contributed by atoms with van der Waals surface area (Å²) in [5, 5.41) is 10.5. The summed E-state index contributed by atoms with van der Waals surface area (Å²) in [6, 6.07) is 1.10. The third kappa shape index (κ3) is 3.32. The summed E-state index contributed by atoms with van der Waals surface area (Å²) in [6.45, 7) is 13.7. The van der Waals surface area contributed by atoms with Crippen LogP contribution in [0.15, 0.2) is 0 Å². The highest BCUT2D eigenvalue weighted by molar-refractivity contribution is 4.94. The van der Waals surface area contributed by atoms with E-state index in [1.807, 2.05) is 0 Å². The fraction of sp³-hybridized carbons (Fsp3) is 1.00. The second-order valence-electron chi connectivity index (χ2n) is 6.77. The molecule has 112 valence electrons. The molecule has 3 heteroatoms. The summed E-state index contributed by atoms with van der Waals surface area (Å²) in [6.07, 6.45) is 3.41. The molecule has 1 aliphatic carbocycles. The Morgan fingerprint density at radius 3 is 2.42 bits per heavy atom. The van der Waals surface area contributed by atoms with Crippen molar-refractivity contribution in [3.05, 3.63) is 0 Å². The van der Waals surface area contributed by atoms with Crippen molar-refractivity contribution in [3.63, 3.8) is 0 Å². The van der Waals surface area contributed by atoms with Crippen LogP contribution in [0.1, 0.15) is 47.0 Å². The van der Waals surface area contributed by atoms with Crippen LogP contribution in [0.2, 0.25) is 0 Å². The lowest BCUT2D eigenvalue weighted by Gasteiger charge is -2.42. The number of aliphatic hydroxyl groups excluding tert-OH is 1. The van der Waals surface area contributed by atoms with Crippen molar-refractivity contribution in [2.75, 3.05) is 26.2 Å². The molecule has 3 nitrogen and oxygen atoms in total. The third-order valence-corrected chi connectivity index (χ3v) is 5.34. The van der Waals surface area contributed by atoms with Crippen molar-refractivity contribution < 1.29 is 5.11 Å². The molecule has 1 heterocycles. The lowest BCUT2D eigenvalue weighted by Crippen LogP contribution is -2.51. The van der Waals surface area contributed by atoms with Crippen LogP contribution < -0.4 is 0 Å². The zero-order valence-electron chi connectivity index (χ0n) is 13.2. The minimum Gasteiger partial charge on any atom is -0.391 e. The van der Waals surface area contributed by atoms with Gasteiger partial charge in [-0.05, 0) is 44.2 Å². The molecule has 0 radical (unpaired) electrons. The van der Waals surface area contributed by atoms with Crippen LogP contribution >= 0.6 is 0 Å². The van der Waals surface area contributed by atoms with Crippen molar-refractivity contribution in [2.45, 2.75) is 65.1 Å². The molecule has 5 unspecified atom stereocenters. The summed E-state index contributed by atoms with van der Waals surface area (Å²) in [4.78, 5) is 5.15. The summed E-state index contributed by atoms with van der Waals surface area (Å²) in [7, 11) is 0. The highest BCUT2D eigenvalue weighted by Crippen LogP contribution is 2.34. The summed E-state index contributed by atoms with van der Waals surface area (Å²) in [5.41, 5.74) is 0. The Morgan fingerprint density at radius 2 is 1.84 bits per heavy atom. The largest absolute Gasteiger partial charge is 0.391 e. The van der Waals surface area contributed by atoms with Crippen LogP contribution in [0.5, 0.6) is 0 Å². The Bertz CT molecular complexity index is 268. The van der Waals surface area contributed by atoms with Crippen molar-refractivity contribution in [1.82, 2.24) is 9.80 Å². The number of nitrogens with zero attached hydrogens (tertiary/aromatic N) is 2. The Kier molecular flexibility index (Phi) is 5.27. The average Bonchev–Trinajstić information content (AvgIpc) is 2.78. The van der Waals surface area contributed by atoms with Crippen molar-refractivity contribution >= 4 is 0 Å². The van der Waals surface area contributed by atoms with Crippen LogP contribution in [0, 0.1) is 11.8 Å². The van der Waals surface area contributed by atoms with E-state index in [1.54, 1.807) is 0 Å². The van der Waals surface area contributed by atoms with E-state index >= 15 is 0 Å². The van der Waals surface area contributed by atoms with E-state index in [-0.39, 0.29) is 6.10 Å². The first-order valence-electron chi connectivity index (χ1n) is 8.22. The summed E-state index contributed by atoms with van der Waals surface area (Å²) in [5.74, 6) is 1.32. The Morgan fingerprint density at radius 1 is 1.16 bits per heavy atom. The van der Waals surface area contributed by atoms with Gasteiger partial charge in [0.25, 0.3) is 0 Å². The number of likely N-dealkylation sites (tertiary alicyclic amines) is 1. The maximum absolute atomic E-state index is 10.5. The molecule has 1 aliphatic heterocycles. The van der Waals surface area contributed by atoms with Gasteiger partial charge in [-0.25, -0.2) is 0 Å². The molecule has 0 spiro atoms. The monoisotopic (exact) mass is 268 g/mol. The average molecular weight is 268 g/mol. The first-order valence-corrected chi connectivity index (χ1v) is 8.22. The first-order chi connectivity index (χ1) is 9.06. The van der Waals surface area contributed by atoms with Crippen molar-refractivity contribution in [1.29, 1.82) is 0 Å². The highest BCUT2D eigenvalue weighted by atomic mass is 16.3. The van der Waals surface area contributed by atoms with E-state index in [2.05, 4.69) is 37.5 Å². The minimum absolute atomic E-state index is 0.116. The Labute approximate surface area is 119 Å². The maximum atomic E-state index is 10.5. The molecule has 1 N–H and O–H groups in total. The van der Waals surface area contributed by atoms with Gasteiger partial charge >= 0.3 is 0 Å². The number of likely N-dealkylation sites (N-methyl/N-ethyl adjacent to an activating group) is 1. The molecular formula is C16H32N2O. The van der Waals surface area contributed by atoms with Gasteiger partial charge in [0, 0.05) is 25.2 Å². The van der Waals surface area contributed by atoms with Crippen LogP contribution in [0.4, 0.5) is 0 Å². The molecule has 0 aromatic carbocycles. The van der Waals surface area contributed by atoms with Crippen molar-refractivity contribution in [2.24, 2.45) is 11.8 Å². The second-order valence-corrected chi connectivity index (χ2v) is 6.77. The van der Waals surface area contributed by atoms with Gasteiger partial charge in [-0.3, -0.25) is 9.80 Å². The predicted molar refractivity (Wildman–Crippen MR) is 80.3 cm³/mol. The standard InChI is InChI=1S/C16H32N2O/c1-5-17(6-2)14-7-8-18(11-14)16-13(4)9-12(3)10-15(16)19/h12-16,19H,5-11H2,1-4H3. The number of hydrogen-bond acceptors (Lipinski definition) is 3. The van der Waals surface area contributed by atoms with Crippen LogP contribution in [0.3, 0.4) is 0 Å². The van der Waals surface area contributed by atoms with Gasteiger partial charge < -0.3 is 5.11 Å². The molecule has 0 amide bonds. The zero-order chi connectivity index (χ0) is 14.0. The molecule has 1 saturated carbocycles. The molecule has 2 aliphatic rings. The smallest absolute Gasteiger partial charge is 0.0700 e. The van der Waals surface area contributed by atoms with E-state index in [0.717, 1.165) is 26.1 Å². The van der Waals surface area contributed by atoms with E-state index in [1.165, 1.54) is 19.4 Å². The topological polar surface area (TPSA) is 26.7 Å². The zero-order valence-corrected chi connectivity index (χ0v) is 13.2. The fourth-order valence-corrected chi connectivity index (χ4v) is 4.48. The fourth-order valence-electron chi connectivity index (χ4n) is 4.48. The van der Waals surface area contributed by atoms with Gasteiger partial charge in [-0.1, -0.05) is 27.7 Å². The van der Waals surface area contributed by atoms with Crippen LogP contribution in [-0.2, 0) is 0 Å². The van der Waals surface area contributed by atoms with Gasteiger partial charge in [0.15, 0.2) is 0 Å². The van der Waals surface area contributed by atoms with Gasteiger partial charge in [0.05, 0.1) is 6.10 Å². The van der Waals surface area contributed by atoms with Gasteiger partial charge in [0.2, 0.25) is 0 Å². The van der Waals surface area contributed by atoms with E-state index in [0.29, 0.717) is 23.9 Å². The summed E-state index contributed by atoms with van der Waals surface area (Å²) < 4.78 is 0. The van der Waals surface area contributed by atoms with Crippen molar-refractivity contribution in [3.8, 4) is 0 Å². The molecule has 19 heavy (non-hydrogen) atoms. The molecule has 0 aromatic heterocycles. The van der Waals surface area contributed by atoms with E-state index in [9.17, 15) is 5.11 Å². The Hall–Kier alpha value is -0.120. The van der Waals surface area contributed by atoms with Gasteiger partial charge in [-0.2, -0.15) is 0 Å². The lowest BCUT2D eigenvalue weighted by molar-refractivity contribution is -0.0175. The lowest BCUT2D eigenvalue weighted by atomic mass is 9.77. The maximum Gasteiger partial charge on any atom is 0.0700 e. The molecule has 5 atom stereocenters. The van der Waals surface area contributed by atoms with Crippen LogP contribution in [0.25, 0.3) is 0 Å². The third-order valence-electron chi connectivity index (χ3n) is 5.34. The normalized spacial score (nSPS) is 41.1. The van der Waals surface area contributed by atoms with E-state index < -0.39 is 0 Å². The summed E-state index contributed by atoms with van der Waals surface area (Å²) >= 11 is 0. The predicted octanol–water partition coefficient (Wildman–Crippen LogP) is 2.20. The molecular weight excluding hydrogens is 236 g/mol. The molecule has 2 rings (SSSR count). The quantitative estimate of drug-likeness (QED) is 0.847. The SMILES string of the molecule is CCN(CC)C1CCN(C2C(C)CC(C)CC2O)C1. The number of rotatable bonds is 4. The van der Waals surface area contributed by atoms with E-state index in [4.69, 9.17) is 0 Å². The minimum atomic E-state index is -0.116. The number of aliphatic hydroxyl groups is 1. The van der Waals surface area contributed by atoms with Gasteiger partial charge in [-0.15, -0.1) is 0 Å². The van der Waals surface area contributed by atoms with Crippen LogP contribution in [-0.4, -0.2) is 59.3 Å². The molecule has 0 bridgehead atoms. The molecule has 0 aromatic rings. The first kappa shape index (κ1) is 15.3. The van der Waals surface area contributed by atoms with Gasteiger partial charge in [0.1, 0.15) is 0 Å². The highest BCUT2D eigenvalue weighted by Gasteiger charge is 2.40. The number of hydrogen-bond donors (Lipinski definition) is 1. The second kappa shape index (κ2) is 6.55. The Balaban J connectivity index is 1.96. The molecule has 1 saturated heterocycles. The molecule has 2 fully saturated rings.